The van der Waals surface area contributed by atoms with E-state index in [0.717, 1.165) is 0 Å². The minimum atomic E-state index is 0. The largest absolute Gasteiger partial charge is 1.00 e. The van der Waals surface area contributed by atoms with Crippen LogP contribution >= 0.6 is 0 Å². The summed E-state index contributed by atoms with van der Waals surface area (Å²) < 4.78 is 0. The first-order chi connectivity index (χ1) is 7.58. The summed E-state index contributed by atoms with van der Waals surface area (Å²) in [7, 11) is 8.89. The number of rotatable bonds is 0. The molecule has 0 aromatic heterocycles. The highest BCUT2D eigenvalue weighted by atomic mass is 35.5. The van der Waals surface area contributed by atoms with Gasteiger partial charge in [0.25, 0.3) is 0 Å². The lowest BCUT2D eigenvalue weighted by Crippen LogP contribution is -3.11. The van der Waals surface area contributed by atoms with Crippen LogP contribution in [0.15, 0.2) is 0 Å². The number of nitrogens with zero attached hydrogens (tertiary/aromatic N) is 2. The molecule has 0 radical (unpaired) electrons. The van der Waals surface area contributed by atoms with E-state index in [9.17, 15) is 0 Å². The van der Waals surface area contributed by atoms with Crippen LogP contribution in [-0.2, 0) is 0 Å². The Kier molecular flexibility index (Phi) is 13.0. The van der Waals surface area contributed by atoms with Crippen molar-refractivity contribution in [3.8, 4) is 0 Å². The highest BCUT2D eigenvalue weighted by Crippen LogP contribution is 1.79. The van der Waals surface area contributed by atoms with E-state index in [0.29, 0.717) is 0 Å². The van der Waals surface area contributed by atoms with Crippen LogP contribution < -0.4 is 34.6 Å². The Morgan fingerprint density at radius 3 is 1.00 bits per heavy atom. The summed E-state index contributed by atoms with van der Waals surface area (Å²) in [6.45, 7) is 10.3. The van der Waals surface area contributed by atoms with E-state index in [2.05, 4.69) is 38.0 Å². The molecule has 0 amide bonds. The van der Waals surface area contributed by atoms with Gasteiger partial charge in [-0.2, -0.15) is 0 Å². The molecule has 0 aromatic carbocycles. The molecule has 0 aliphatic carbocycles. The van der Waals surface area contributed by atoms with Crippen LogP contribution in [0.4, 0.5) is 0 Å². The molecular weight excluding hydrogens is 271 g/mol. The van der Waals surface area contributed by atoms with Gasteiger partial charge in [-0.3, -0.25) is 9.80 Å². The predicted molar refractivity (Wildman–Crippen MR) is 68.2 cm³/mol. The molecule has 2 N–H and O–H groups in total. The fourth-order valence-electron chi connectivity index (χ4n) is 2.00. The van der Waals surface area contributed by atoms with Gasteiger partial charge in [0, 0.05) is 26.2 Å². The van der Waals surface area contributed by atoms with Crippen LogP contribution in [0.25, 0.3) is 0 Å². The fourth-order valence-corrected chi connectivity index (χ4v) is 2.00. The van der Waals surface area contributed by atoms with Gasteiger partial charge in [-0.05, 0) is 14.1 Å². The third-order valence-corrected chi connectivity index (χ3v) is 3.68. The molecule has 112 valence electrons. The first kappa shape index (κ1) is 20.7. The van der Waals surface area contributed by atoms with Gasteiger partial charge in [-0.1, -0.05) is 0 Å². The maximum atomic E-state index is 2.38. The number of quaternary nitrogens is 2. The van der Waals surface area contributed by atoms with Gasteiger partial charge < -0.3 is 34.6 Å². The third-order valence-electron chi connectivity index (χ3n) is 3.68. The Morgan fingerprint density at radius 1 is 0.611 bits per heavy atom. The van der Waals surface area contributed by atoms with Crippen molar-refractivity contribution in [1.29, 1.82) is 0 Å². The van der Waals surface area contributed by atoms with Crippen molar-refractivity contribution in [3.63, 3.8) is 0 Å². The summed E-state index contributed by atoms with van der Waals surface area (Å²) in [6.07, 6.45) is 0. The summed E-state index contributed by atoms with van der Waals surface area (Å²) in [6, 6.07) is 0. The van der Waals surface area contributed by atoms with E-state index in [1.807, 2.05) is 0 Å². The van der Waals surface area contributed by atoms with E-state index in [4.69, 9.17) is 0 Å². The molecule has 2 aliphatic rings. The molecule has 2 saturated heterocycles. The van der Waals surface area contributed by atoms with Crippen LogP contribution in [0.3, 0.4) is 0 Å². The monoisotopic (exact) mass is 300 g/mol. The number of hydrogen-bond donors (Lipinski definition) is 2. The molecule has 4 nitrogen and oxygen atoms in total. The van der Waals surface area contributed by atoms with Gasteiger partial charge in [-0.25, -0.2) is 0 Å². The standard InChI is InChI=1S/2C6H14N2.2ClH/c2*1-7-3-5-8(2)6-4-7;;/h2*3-6H2,1-2H3;2*1H. The minimum absolute atomic E-state index is 0. The average Bonchev–Trinajstić information content (AvgIpc) is 2.28. The molecule has 0 bridgehead atoms. The van der Waals surface area contributed by atoms with E-state index in [1.54, 1.807) is 9.80 Å². The van der Waals surface area contributed by atoms with Crippen molar-refractivity contribution >= 4 is 0 Å². The fraction of sp³-hybridized carbons (Fsp3) is 1.00. The zero-order valence-electron chi connectivity index (χ0n) is 12.3. The van der Waals surface area contributed by atoms with Crippen molar-refractivity contribution < 1.29 is 34.6 Å². The molecule has 0 spiro atoms. The average molecular weight is 301 g/mol. The molecule has 2 heterocycles. The van der Waals surface area contributed by atoms with Crippen molar-refractivity contribution in [2.45, 2.75) is 0 Å². The second-order valence-electron chi connectivity index (χ2n) is 5.52. The summed E-state index contributed by atoms with van der Waals surface area (Å²) >= 11 is 0. The lowest BCUT2D eigenvalue weighted by atomic mass is 10.4. The molecule has 0 atom stereocenters. The van der Waals surface area contributed by atoms with Crippen LogP contribution in [0.1, 0.15) is 0 Å². The highest BCUT2D eigenvalue weighted by molar-refractivity contribution is 4.52. The van der Waals surface area contributed by atoms with Crippen molar-refractivity contribution in [2.24, 2.45) is 0 Å². The molecule has 0 saturated carbocycles. The van der Waals surface area contributed by atoms with Gasteiger partial charge in [0.05, 0.1) is 40.3 Å². The molecule has 18 heavy (non-hydrogen) atoms. The normalized spacial score (nSPS) is 23.3. The molecule has 6 heteroatoms. The Labute approximate surface area is 125 Å². The summed E-state index contributed by atoms with van der Waals surface area (Å²) in [5.41, 5.74) is 0. The smallest absolute Gasteiger partial charge is 0.0898 e. The molecule has 2 fully saturated rings. The van der Waals surface area contributed by atoms with Gasteiger partial charge >= 0.3 is 0 Å². The van der Waals surface area contributed by atoms with Crippen LogP contribution in [0, 0.1) is 0 Å². The molecule has 2 aliphatic heterocycles. The van der Waals surface area contributed by atoms with Crippen molar-refractivity contribution in [3.05, 3.63) is 0 Å². The summed E-state index contributed by atoms with van der Waals surface area (Å²) in [5, 5.41) is 0. The molecular formula is C12H30Cl2N4. The maximum absolute atomic E-state index is 2.38. The number of likely N-dealkylation sites (N-methyl/N-ethyl adjacent to an activating group) is 4. The zero-order chi connectivity index (χ0) is 12.0. The Morgan fingerprint density at radius 2 is 0.833 bits per heavy atom. The quantitative estimate of drug-likeness (QED) is 0.462. The number of halogens is 2. The molecule has 0 aromatic rings. The Balaban J connectivity index is 0. The number of nitrogens with one attached hydrogen (secondary N) is 2. The van der Waals surface area contributed by atoms with E-state index >= 15 is 0 Å². The first-order valence-corrected chi connectivity index (χ1v) is 6.57. The summed E-state index contributed by atoms with van der Waals surface area (Å²) in [4.78, 5) is 8.10. The van der Waals surface area contributed by atoms with Crippen molar-refractivity contribution in [2.75, 3.05) is 80.5 Å². The zero-order valence-corrected chi connectivity index (χ0v) is 13.8. The van der Waals surface area contributed by atoms with E-state index in [-0.39, 0.29) is 24.8 Å². The number of piperazine rings is 2. The van der Waals surface area contributed by atoms with Gasteiger partial charge in [0.1, 0.15) is 0 Å². The van der Waals surface area contributed by atoms with Crippen LogP contribution in [-0.4, -0.2) is 90.3 Å². The number of hydrogen-bond acceptors (Lipinski definition) is 2. The minimum Gasteiger partial charge on any atom is -1.00 e. The van der Waals surface area contributed by atoms with Crippen LogP contribution in [0.2, 0.25) is 0 Å². The van der Waals surface area contributed by atoms with E-state index in [1.165, 1.54) is 52.4 Å². The third kappa shape index (κ3) is 9.36. The second kappa shape index (κ2) is 11.3. The van der Waals surface area contributed by atoms with Gasteiger partial charge in [0.15, 0.2) is 0 Å². The van der Waals surface area contributed by atoms with Gasteiger partial charge in [0.2, 0.25) is 0 Å². The first-order valence-electron chi connectivity index (χ1n) is 6.57. The molecule has 2 rings (SSSR count). The van der Waals surface area contributed by atoms with E-state index < -0.39 is 0 Å². The lowest BCUT2D eigenvalue weighted by Gasteiger charge is -2.26. The van der Waals surface area contributed by atoms with Crippen LogP contribution in [0.5, 0.6) is 0 Å². The molecule has 0 unspecified atom stereocenters. The highest BCUT2D eigenvalue weighted by Gasteiger charge is 2.11. The lowest BCUT2D eigenvalue weighted by molar-refractivity contribution is -0.884. The SMILES string of the molecule is CN1CC[NH+](C)CC1.CN1CC[NH+](C)CC1.[Cl-].[Cl-]. The van der Waals surface area contributed by atoms with Gasteiger partial charge in [-0.15, -0.1) is 0 Å². The van der Waals surface area contributed by atoms with Crippen molar-refractivity contribution in [1.82, 2.24) is 9.80 Å². The Bertz CT molecular complexity index is 139. The predicted octanol–water partition coefficient (Wildman–Crippen LogP) is -9.10. The second-order valence-corrected chi connectivity index (χ2v) is 5.52. The summed E-state index contributed by atoms with van der Waals surface area (Å²) in [5.74, 6) is 0. The topological polar surface area (TPSA) is 15.4 Å². The maximum Gasteiger partial charge on any atom is 0.0898 e. The Hall–Kier alpha value is 0.420.